The zero-order valence-electron chi connectivity index (χ0n) is 14.6. The number of hydrogen-bond donors (Lipinski definition) is 0. The van der Waals surface area contributed by atoms with Gasteiger partial charge in [-0.05, 0) is 29.3 Å². The van der Waals surface area contributed by atoms with E-state index in [1.54, 1.807) is 24.3 Å². The molecular formula is C23H16N2O2. The lowest BCUT2D eigenvalue weighted by Gasteiger charge is -2.16. The Morgan fingerprint density at radius 1 is 0.704 bits per heavy atom. The molecule has 0 fully saturated rings. The minimum absolute atomic E-state index is 0.164. The Hall–Kier alpha value is -3.53. The van der Waals surface area contributed by atoms with Crippen molar-refractivity contribution in [3.8, 4) is 0 Å². The van der Waals surface area contributed by atoms with Crippen LogP contribution in [0, 0.1) is 0 Å². The summed E-state index contributed by atoms with van der Waals surface area (Å²) in [5.41, 5.74) is 5.84. The Kier molecular flexibility index (Phi) is 3.50. The number of amides is 2. The van der Waals surface area contributed by atoms with E-state index in [0.29, 0.717) is 11.1 Å². The third-order valence-electron chi connectivity index (χ3n) is 5.14. The molecule has 0 N–H and O–H groups in total. The van der Waals surface area contributed by atoms with Gasteiger partial charge in [-0.3, -0.25) is 19.5 Å². The van der Waals surface area contributed by atoms with Crippen molar-refractivity contribution in [3.05, 3.63) is 101 Å². The van der Waals surface area contributed by atoms with Crippen molar-refractivity contribution in [1.29, 1.82) is 0 Å². The molecule has 4 nitrogen and oxygen atoms in total. The summed E-state index contributed by atoms with van der Waals surface area (Å²) in [5, 5.41) is 0. The van der Waals surface area contributed by atoms with Crippen LogP contribution in [0.2, 0.25) is 0 Å². The van der Waals surface area contributed by atoms with E-state index in [9.17, 15) is 9.59 Å². The molecule has 4 heteroatoms. The van der Waals surface area contributed by atoms with Crippen LogP contribution in [0.5, 0.6) is 0 Å². The Morgan fingerprint density at radius 2 is 1.26 bits per heavy atom. The number of imide groups is 1. The van der Waals surface area contributed by atoms with E-state index >= 15 is 0 Å². The zero-order chi connectivity index (χ0) is 18.4. The molecular weight excluding hydrogens is 336 g/mol. The average Bonchev–Trinajstić information content (AvgIpc) is 2.86. The Labute approximate surface area is 156 Å². The van der Waals surface area contributed by atoms with Gasteiger partial charge < -0.3 is 0 Å². The summed E-state index contributed by atoms with van der Waals surface area (Å²) >= 11 is 0. The molecule has 0 saturated carbocycles. The molecule has 0 radical (unpaired) electrons. The Morgan fingerprint density at radius 3 is 1.96 bits per heavy atom. The van der Waals surface area contributed by atoms with Crippen LogP contribution in [0.4, 0.5) is 5.69 Å². The minimum Gasteiger partial charge on any atom is -0.269 e. The first kappa shape index (κ1) is 15.7. The fourth-order valence-electron chi connectivity index (χ4n) is 3.79. The molecule has 2 heterocycles. The van der Waals surface area contributed by atoms with Crippen molar-refractivity contribution in [1.82, 2.24) is 4.90 Å². The van der Waals surface area contributed by atoms with E-state index in [2.05, 4.69) is 12.1 Å². The summed E-state index contributed by atoms with van der Waals surface area (Å²) < 4.78 is 0. The van der Waals surface area contributed by atoms with Crippen molar-refractivity contribution < 1.29 is 9.59 Å². The number of rotatable bonds is 2. The number of para-hydroxylation sites is 1. The number of carbonyl (C=O) groups is 2. The first-order valence-corrected chi connectivity index (χ1v) is 8.91. The Bertz CT molecular complexity index is 1100. The number of carbonyl (C=O) groups excluding carboxylic acids is 2. The number of aliphatic imine (C=N–C) groups is 1. The summed E-state index contributed by atoms with van der Waals surface area (Å²) in [4.78, 5) is 31.7. The van der Waals surface area contributed by atoms with E-state index in [1.807, 2.05) is 36.4 Å². The van der Waals surface area contributed by atoms with Crippen LogP contribution in [0.3, 0.4) is 0 Å². The maximum Gasteiger partial charge on any atom is 0.261 e. The molecule has 0 saturated heterocycles. The van der Waals surface area contributed by atoms with Crippen LogP contribution in [0.1, 0.15) is 37.4 Å². The van der Waals surface area contributed by atoms with E-state index in [4.69, 9.17) is 4.99 Å². The second-order valence-corrected chi connectivity index (χ2v) is 6.76. The maximum atomic E-state index is 12.8. The third-order valence-corrected chi connectivity index (χ3v) is 5.14. The maximum absolute atomic E-state index is 12.8. The third kappa shape index (κ3) is 2.49. The molecule has 0 spiro atoms. The normalized spacial score (nSPS) is 15.0. The quantitative estimate of drug-likeness (QED) is 0.655. The van der Waals surface area contributed by atoms with Crippen LogP contribution in [0.25, 0.3) is 0 Å². The summed E-state index contributed by atoms with van der Waals surface area (Å²) in [7, 11) is 0. The highest BCUT2D eigenvalue weighted by molar-refractivity contribution is 6.23. The molecule has 0 aliphatic carbocycles. The molecule has 0 bridgehead atoms. The molecule has 2 amide bonds. The van der Waals surface area contributed by atoms with Gasteiger partial charge in [0.2, 0.25) is 0 Å². The van der Waals surface area contributed by atoms with Gasteiger partial charge in [-0.1, -0.05) is 54.6 Å². The second kappa shape index (κ2) is 6.02. The number of hydrogen-bond acceptors (Lipinski definition) is 3. The Balaban J connectivity index is 1.60. The highest BCUT2D eigenvalue weighted by Gasteiger charge is 2.36. The van der Waals surface area contributed by atoms with Crippen LogP contribution >= 0.6 is 0 Å². The van der Waals surface area contributed by atoms with Crippen LogP contribution in [0.15, 0.2) is 77.8 Å². The predicted octanol–water partition coefficient (Wildman–Crippen LogP) is 4.01. The van der Waals surface area contributed by atoms with Gasteiger partial charge in [-0.2, -0.15) is 0 Å². The molecule has 5 rings (SSSR count). The SMILES string of the molecule is O=C1c2ccccc2C(=O)N1CC1=Nc2ccccc2Cc2ccccc21. The molecule has 2 aliphatic rings. The molecule has 0 aromatic heterocycles. The summed E-state index contributed by atoms with van der Waals surface area (Å²) in [6, 6.07) is 23.0. The van der Waals surface area contributed by atoms with Crippen LogP contribution < -0.4 is 0 Å². The molecule has 130 valence electrons. The minimum atomic E-state index is -0.256. The fraction of sp³-hybridized carbons (Fsp3) is 0.0870. The number of benzene rings is 3. The molecule has 3 aromatic carbocycles. The predicted molar refractivity (Wildman–Crippen MR) is 104 cm³/mol. The van der Waals surface area contributed by atoms with Crippen molar-refractivity contribution in [2.24, 2.45) is 4.99 Å². The van der Waals surface area contributed by atoms with Crippen molar-refractivity contribution in [3.63, 3.8) is 0 Å². The zero-order valence-corrected chi connectivity index (χ0v) is 14.6. The topological polar surface area (TPSA) is 49.7 Å². The summed E-state index contributed by atoms with van der Waals surface area (Å²) in [6.45, 7) is 0.164. The van der Waals surface area contributed by atoms with Gasteiger partial charge in [-0.25, -0.2) is 0 Å². The lowest BCUT2D eigenvalue weighted by molar-refractivity contribution is 0.0677. The first-order chi connectivity index (χ1) is 13.2. The molecule has 2 aliphatic heterocycles. The van der Waals surface area contributed by atoms with E-state index in [0.717, 1.165) is 34.5 Å². The molecule has 0 unspecified atom stereocenters. The van der Waals surface area contributed by atoms with Crippen LogP contribution in [-0.4, -0.2) is 29.0 Å². The molecule has 3 aromatic rings. The van der Waals surface area contributed by atoms with Gasteiger partial charge in [0.05, 0.1) is 29.1 Å². The van der Waals surface area contributed by atoms with Gasteiger partial charge in [0.1, 0.15) is 0 Å². The second-order valence-electron chi connectivity index (χ2n) is 6.76. The molecule has 0 atom stereocenters. The van der Waals surface area contributed by atoms with Crippen molar-refractivity contribution in [2.75, 3.05) is 6.54 Å². The average molecular weight is 352 g/mol. The van der Waals surface area contributed by atoms with Gasteiger partial charge in [0, 0.05) is 12.0 Å². The van der Waals surface area contributed by atoms with Gasteiger partial charge in [-0.15, -0.1) is 0 Å². The molecule has 27 heavy (non-hydrogen) atoms. The van der Waals surface area contributed by atoms with E-state index in [1.165, 1.54) is 4.90 Å². The number of nitrogens with zero attached hydrogens (tertiary/aromatic N) is 2. The fourth-order valence-corrected chi connectivity index (χ4v) is 3.79. The monoisotopic (exact) mass is 352 g/mol. The smallest absolute Gasteiger partial charge is 0.261 e. The lowest BCUT2D eigenvalue weighted by atomic mass is 9.98. The highest BCUT2D eigenvalue weighted by atomic mass is 16.2. The summed E-state index contributed by atoms with van der Waals surface area (Å²) in [5.74, 6) is -0.512. The van der Waals surface area contributed by atoms with E-state index in [-0.39, 0.29) is 18.4 Å². The van der Waals surface area contributed by atoms with E-state index < -0.39 is 0 Å². The van der Waals surface area contributed by atoms with Crippen molar-refractivity contribution >= 4 is 23.2 Å². The lowest BCUT2D eigenvalue weighted by Crippen LogP contribution is -2.35. The standard InChI is InChI=1S/C23H16N2O2/c26-22-18-10-4-5-11-19(18)23(27)25(22)14-21-17-9-3-1-7-15(17)13-16-8-2-6-12-20(16)24-21/h1-12H,13-14H2. The highest BCUT2D eigenvalue weighted by Crippen LogP contribution is 2.30. The first-order valence-electron chi connectivity index (χ1n) is 8.91. The van der Waals surface area contributed by atoms with Crippen molar-refractivity contribution in [2.45, 2.75) is 6.42 Å². The van der Waals surface area contributed by atoms with Crippen LogP contribution in [-0.2, 0) is 6.42 Å². The largest absolute Gasteiger partial charge is 0.269 e. The van der Waals surface area contributed by atoms with Gasteiger partial charge in [0.25, 0.3) is 11.8 Å². The summed E-state index contributed by atoms with van der Waals surface area (Å²) in [6.07, 6.45) is 0.779. The number of fused-ring (bicyclic) bond motifs is 3. The van der Waals surface area contributed by atoms with Gasteiger partial charge >= 0.3 is 0 Å². The van der Waals surface area contributed by atoms with Gasteiger partial charge in [0.15, 0.2) is 0 Å².